The molecule has 2 aromatic rings. The Morgan fingerprint density at radius 1 is 1.26 bits per heavy atom. The van der Waals surface area contributed by atoms with E-state index in [-0.39, 0.29) is 11.9 Å². The molecule has 1 aliphatic rings. The molecule has 2 atom stereocenters. The molecule has 2 heterocycles. The first-order valence-corrected chi connectivity index (χ1v) is 6.64. The summed E-state index contributed by atoms with van der Waals surface area (Å²) in [6, 6.07) is 1.72. The predicted molar refractivity (Wildman–Crippen MR) is 71.0 cm³/mol. The second-order valence-electron chi connectivity index (χ2n) is 5.20. The van der Waals surface area contributed by atoms with Crippen LogP contribution in [0.25, 0.3) is 11.3 Å². The number of hydrogen-bond donors (Lipinski definition) is 2. The summed E-state index contributed by atoms with van der Waals surface area (Å²) in [4.78, 5) is 11.5. The number of pyridine rings is 1. The number of halogens is 1. The van der Waals surface area contributed by atoms with Gasteiger partial charge in [0.25, 0.3) is 0 Å². The van der Waals surface area contributed by atoms with Gasteiger partial charge in [0.2, 0.25) is 0 Å². The van der Waals surface area contributed by atoms with Crippen LogP contribution in [0.1, 0.15) is 37.4 Å². The van der Waals surface area contributed by atoms with E-state index in [1.165, 1.54) is 12.3 Å². The zero-order valence-electron chi connectivity index (χ0n) is 10.6. The maximum Gasteiger partial charge on any atom is 0.142 e. The van der Waals surface area contributed by atoms with Crippen molar-refractivity contribution in [2.24, 2.45) is 5.73 Å². The minimum absolute atomic E-state index is 0.267. The van der Waals surface area contributed by atoms with Gasteiger partial charge in [-0.3, -0.25) is 4.98 Å². The molecule has 0 amide bonds. The standard InChI is InChI=1S/C14H17FN4/c15-11-4-10(6-17-7-11)13-8-18-14(19-13)9-2-1-3-12(16)5-9/h4,6-9,12H,1-3,5,16H2,(H,18,19). The summed E-state index contributed by atoms with van der Waals surface area (Å²) in [6.07, 6.45) is 8.89. The molecule has 0 spiro atoms. The molecule has 0 aliphatic heterocycles. The van der Waals surface area contributed by atoms with E-state index < -0.39 is 0 Å². The van der Waals surface area contributed by atoms with Crippen molar-refractivity contribution in [3.63, 3.8) is 0 Å². The number of imidazole rings is 1. The van der Waals surface area contributed by atoms with Crippen LogP contribution in [0.15, 0.2) is 24.7 Å². The first-order chi connectivity index (χ1) is 9.22. The monoisotopic (exact) mass is 260 g/mol. The number of nitrogens with zero attached hydrogens (tertiary/aromatic N) is 2. The summed E-state index contributed by atoms with van der Waals surface area (Å²) in [7, 11) is 0. The lowest BCUT2D eigenvalue weighted by Crippen LogP contribution is -2.27. The van der Waals surface area contributed by atoms with Crippen molar-refractivity contribution in [2.75, 3.05) is 0 Å². The maximum absolute atomic E-state index is 13.2. The molecular weight excluding hydrogens is 243 g/mol. The summed E-state index contributed by atoms with van der Waals surface area (Å²) in [5.74, 6) is 1.00. The van der Waals surface area contributed by atoms with Crippen molar-refractivity contribution in [3.05, 3.63) is 36.3 Å². The molecule has 0 aromatic carbocycles. The number of nitrogens with one attached hydrogen (secondary N) is 1. The highest BCUT2D eigenvalue weighted by atomic mass is 19.1. The van der Waals surface area contributed by atoms with Gasteiger partial charge in [-0.15, -0.1) is 0 Å². The highest BCUT2D eigenvalue weighted by Gasteiger charge is 2.23. The van der Waals surface area contributed by atoms with Gasteiger partial charge in [0, 0.05) is 23.7 Å². The third-order valence-electron chi connectivity index (χ3n) is 3.71. The highest BCUT2D eigenvalue weighted by Crippen LogP contribution is 2.31. The summed E-state index contributed by atoms with van der Waals surface area (Å²) in [5.41, 5.74) is 7.53. The minimum Gasteiger partial charge on any atom is -0.342 e. The fourth-order valence-corrected chi connectivity index (χ4v) is 2.73. The Morgan fingerprint density at radius 3 is 2.95 bits per heavy atom. The Balaban J connectivity index is 1.83. The van der Waals surface area contributed by atoms with E-state index in [9.17, 15) is 4.39 Å². The smallest absolute Gasteiger partial charge is 0.142 e. The third-order valence-corrected chi connectivity index (χ3v) is 3.71. The fraction of sp³-hybridized carbons (Fsp3) is 0.429. The van der Waals surface area contributed by atoms with Crippen LogP contribution in [0.4, 0.5) is 4.39 Å². The van der Waals surface area contributed by atoms with Gasteiger partial charge in [-0.25, -0.2) is 9.37 Å². The van der Waals surface area contributed by atoms with Crippen molar-refractivity contribution in [1.82, 2.24) is 15.0 Å². The molecule has 4 nitrogen and oxygen atoms in total. The van der Waals surface area contributed by atoms with Crippen LogP contribution in [0.3, 0.4) is 0 Å². The highest BCUT2D eigenvalue weighted by molar-refractivity contribution is 5.57. The van der Waals surface area contributed by atoms with Crippen molar-refractivity contribution in [1.29, 1.82) is 0 Å². The van der Waals surface area contributed by atoms with Gasteiger partial charge in [0.1, 0.15) is 11.6 Å². The van der Waals surface area contributed by atoms with E-state index in [1.54, 1.807) is 12.4 Å². The summed E-state index contributed by atoms with van der Waals surface area (Å²) < 4.78 is 13.2. The van der Waals surface area contributed by atoms with E-state index in [4.69, 9.17) is 5.73 Å². The summed E-state index contributed by atoms with van der Waals surface area (Å²) in [5, 5.41) is 0. The number of nitrogens with two attached hydrogens (primary N) is 1. The van der Waals surface area contributed by atoms with Crippen molar-refractivity contribution in [2.45, 2.75) is 37.6 Å². The molecule has 5 heteroatoms. The third kappa shape index (κ3) is 2.66. The lowest BCUT2D eigenvalue weighted by Gasteiger charge is -2.24. The first kappa shape index (κ1) is 12.3. The fourth-order valence-electron chi connectivity index (χ4n) is 2.73. The molecular formula is C14H17FN4. The summed E-state index contributed by atoms with van der Waals surface area (Å²) >= 11 is 0. The van der Waals surface area contributed by atoms with E-state index in [0.717, 1.165) is 42.8 Å². The number of H-pyrrole nitrogens is 1. The van der Waals surface area contributed by atoms with Crippen LogP contribution in [-0.2, 0) is 0 Å². The Labute approximate surface area is 111 Å². The Kier molecular flexibility index (Phi) is 3.29. The average Bonchev–Trinajstić information content (AvgIpc) is 2.88. The van der Waals surface area contributed by atoms with Crippen LogP contribution >= 0.6 is 0 Å². The van der Waals surface area contributed by atoms with E-state index in [1.807, 2.05) is 0 Å². The van der Waals surface area contributed by atoms with Crippen LogP contribution in [0, 0.1) is 5.82 Å². The number of rotatable bonds is 2. The van der Waals surface area contributed by atoms with Gasteiger partial charge in [-0.1, -0.05) is 6.42 Å². The molecule has 2 aromatic heterocycles. The molecule has 2 unspecified atom stereocenters. The molecule has 0 saturated heterocycles. The molecule has 1 saturated carbocycles. The Morgan fingerprint density at radius 2 is 2.16 bits per heavy atom. The van der Waals surface area contributed by atoms with Crippen LogP contribution in [0.5, 0.6) is 0 Å². The van der Waals surface area contributed by atoms with E-state index >= 15 is 0 Å². The zero-order chi connectivity index (χ0) is 13.2. The largest absolute Gasteiger partial charge is 0.342 e. The van der Waals surface area contributed by atoms with Gasteiger partial charge in [0.05, 0.1) is 18.1 Å². The quantitative estimate of drug-likeness (QED) is 0.872. The van der Waals surface area contributed by atoms with Gasteiger partial charge in [0.15, 0.2) is 0 Å². The molecule has 19 heavy (non-hydrogen) atoms. The number of hydrogen-bond acceptors (Lipinski definition) is 3. The lowest BCUT2D eigenvalue weighted by atomic mass is 9.86. The molecule has 0 radical (unpaired) electrons. The molecule has 100 valence electrons. The number of aromatic nitrogens is 3. The lowest BCUT2D eigenvalue weighted by molar-refractivity contribution is 0.383. The van der Waals surface area contributed by atoms with Crippen LogP contribution in [-0.4, -0.2) is 21.0 Å². The normalized spacial score (nSPS) is 23.5. The summed E-state index contributed by atoms with van der Waals surface area (Å²) in [6.45, 7) is 0. The zero-order valence-corrected chi connectivity index (χ0v) is 10.6. The molecule has 1 aliphatic carbocycles. The van der Waals surface area contributed by atoms with E-state index in [0.29, 0.717) is 5.92 Å². The first-order valence-electron chi connectivity index (χ1n) is 6.64. The maximum atomic E-state index is 13.2. The average molecular weight is 260 g/mol. The SMILES string of the molecule is NC1CCCC(c2ncc(-c3cncc(F)c3)[nH]2)C1. The van der Waals surface area contributed by atoms with Crippen molar-refractivity contribution in [3.8, 4) is 11.3 Å². The van der Waals surface area contributed by atoms with Crippen molar-refractivity contribution >= 4 is 0 Å². The van der Waals surface area contributed by atoms with Gasteiger partial charge in [-0.2, -0.15) is 0 Å². The van der Waals surface area contributed by atoms with Crippen LogP contribution in [0.2, 0.25) is 0 Å². The number of aromatic amines is 1. The Bertz CT molecular complexity index is 566. The van der Waals surface area contributed by atoms with Crippen molar-refractivity contribution < 1.29 is 4.39 Å². The van der Waals surface area contributed by atoms with Gasteiger partial charge >= 0.3 is 0 Å². The molecule has 3 N–H and O–H groups in total. The van der Waals surface area contributed by atoms with Gasteiger partial charge < -0.3 is 10.7 Å². The molecule has 3 rings (SSSR count). The van der Waals surface area contributed by atoms with Crippen LogP contribution < -0.4 is 5.73 Å². The second-order valence-corrected chi connectivity index (χ2v) is 5.20. The van der Waals surface area contributed by atoms with Gasteiger partial charge in [-0.05, 0) is 25.3 Å². The Hall–Kier alpha value is -1.75. The second kappa shape index (κ2) is 5.09. The topological polar surface area (TPSA) is 67.6 Å². The minimum atomic E-state index is -0.340. The van der Waals surface area contributed by atoms with E-state index in [2.05, 4.69) is 15.0 Å². The molecule has 1 fully saturated rings. The predicted octanol–water partition coefficient (Wildman–Crippen LogP) is 2.60. The molecule has 0 bridgehead atoms.